The van der Waals surface area contributed by atoms with E-state index >= 15 is 0 Å². The number of alkyl halides is 6. The molecule has 0 aromatic heterocycles. The molecule has 0 heterocycles. The van der Waals surface area contributed by atoms with Crippen molar-refractivity contribution in [3.8, 4) is 0 Å². The first-order valence-electron chi connectivity index (χ1n) is 3.33. The molecule has 14 heavy (non-hydrogen) atoms. The van der Waals surface area contributed by atoms with Gasteiger partial charge in [-0.1, -0.05) is 0 Å². The summed E-state index contributed by atoms with van der Waals surface area (Å²) in [6.07, 6.45) is -9.10. The van der Waals surface area contributed by atoms with Crippen molar-refractivity contribution in [3.63, 3.8) is 0 Å². The van der Waals surface area contributed by atoms with Gasteiger partial charge in [0.2, 0.25) is 0 Å². The van der Waals surface area contributed by atoms with Crippen molar-refractivity contribution >= 4 is 9.28 Å². The van der Waals surface area contributed by atoms with Crippen molar-refractivity contribution < 1.29 is 35.2 Å². The van der Waals surface area contributed by atoms with Gasteiger partial charge in [-0.25, -0.2) is 0 Å². The molecule has 0 aromatic carbocycles. The average Bonchev–Trinajstić information content (AvgIpc) is 1.94. The average molecular weight is 241 g/mol. The van der Waals surface area contributed by atoms with Crippen molar-refractivity contribution in [1.82, 2.24) is 0 Å². The highest BCUT2D eigenvalue weighted by Crippen LogP contribution is 2.17. The van der Waals surface area contributed by atoms with Crippen LogP contribution in [0.4, 0.5) is 26.3 Å². The fraction of sp³-hybridized carbons (Fsp3) is 1.00. The van der Waals surface area contributed by atoms with Crippen LogP contribution >= 0.6 is 0 Å². The third-order valence-corrected chi connectivity index (χ3v) is 1.98. The zero-order chi connectivity index (χ0) is 11.4. The van der Waals surface area contributed by atoms with Crippen LogP contribution in [0.2, 0.25) is 6.55 Å². The van der Waals surface area contributed by atoms with E-state index < -0.39 is 34.9 Å². The largest absolute Gasteiger partial charge is 0.410 e. The predicted molar refractivity (Wildman–Crippen MR) is 35.6 cm³/mol. The predicted octanol–water partition coefficient (Wildman–Crippen LogP) is 2.26. The summed E-state index contributed by atoms with van der Waals surface area (Å²) in [4.78, 5) is 0. The summed E-state index contributed by atoms with van der Waals surface area (Å²) in [5.41, 5.74) is 0. The lowest BCUT2D eigenvalue weighted by Gasteiger charge is -2.14. The van der Waals surface area contributed by atoms with Gasteiger partial charge in [0.15, 0.2) is 0 Å². The van der Waals surface area contributed by atoms with Gasteiger partial charge >= 0.3 is 21.6 Å². The van der Waals surface area contributed by atoms with Gasteiger partial charge in [-0.3, -0.25) is 0 Å². The highest BCUT2D eigenvalue weighted by Gasteiger charge is 2.32. The molecule has 0 amide bonds. The summed E-state index contributed by atoms with van der Waals surface area (Å²) < 4.78 is 77.1. The van der Waals surface area contributed by atoms with Gasteiger partial charge in [-0.05, 0) is 6.55 Å². The van der Waals surface area contributed by atoms with E-state index in [0.29, 0.717) is 0 Å². The molecule has 85 valence electrons. The zero-order valence-electron chi connectivity index (χ0n) is 7.00. The standard InChI is InChI=1S/C5H7F6O2Si/c1-14(12-2-4(6,7)8)13-3-5(9,10)11/h2-3H2,1H3. The lowest BCUT2D eigenvalue weighted by atomic mass is 10.7. The van der Waals surface area contributed by atoms with Gasteiger partial charge in [0.05, 0.1) is 0 Å². The molecule has 0 bridgehead atoms. The molecule has 0 fully saturated rings. The molecular formula is C5H7F6O2Si. The minimum atomic E-state index is -4.55. The molecule has 0 unspecified atom stereocenters. The molecule has 0 rings (SSSR count). The van der Waals surface area contributed by atoms with Gasteiger partial charge in [0.25, 0.3) is 0 Å². The number of rotatable bonds is 4. The Kier molecular flexibility index (Phi) is 4.88. The second-order valence-electron chi connectivity index (χ2n) is 2.30. The Bertz CT molecular complexity index is 149. The van der Waals surface area contributed by atoms with E-state index in [1.807, 2.05) is 0 Å². The molecule has 0 aromatic rings. The van der Waals surface area contributed by atoms with Crippen LogP contribution in [0.1, 0.15) is 0 Å². The monoisotopic (exact) mass is 241 g/mol. The molecule has 0 spiro atoms. The van der Waals surface area contributed by atoms with Gasteiger partial charge < -0.3 is 8.85 Å². The maximum Gasteiger partial charge on any atom is 0.410 e. The third kappa shape index (κ3) is 9.80. The lowest BCUT2D eigenvalue weighted by molar-refractivity contribution is -0.168. The van der Waals surface area contributed by atoms with E-state index in [0.717, 1.165) is 6.55 Å². The first-order chi connectivity index (χ1) is 6.10. The Morgan fingerprint density at radius 1 is 0.857 bits per heavy atom. The topological polar surface area (TPSA) is 18.5 Å². The molecule has 1 radical (unpaired) electrons. The molecule has 2 nitrogen and oxygen atoms in total. The van der Waals surface area contributed by atoms with Gasteiger partial charge in [-0.2, -0.15) is 26.3 Å². The van der Waals surface area contributed by atoms with Crippen molar-refractivity contribution in [2.24, 2.45) is 0 Å². The van der Waals surface area contributed by atoms with E-state index in [4.69, 9.17) is 0 Å². The van der Waals surface area contributed by atoms with Crippen molar-refractivity contribution in [3.05, 3.63) is 0 Å². The summed E-state index contributed by atoms with van der Waals surface area (Å²) in [6, 6.07) is 0. The van der Waals surface area contributed by atoms with Crippen LogP contribution < -0.4 is 0 Å². The summed E-state index contributed by atoms with van der Waals surface area (Å²) in [5.74, 6) is 0. The molecule has 0 saturated carbocycles. The highest BCUT2D eigenvalue weighted by molar-refractivity contribution is 6.42. The van der Waals surface area contributed by atoms with Crippen LogP contribution in [-0.4, -0.2) is 34.9 Å². The number of hydrogen-bond acceptors (Lipinski definition) is 2. The maximum atomic E-state index is 11.5. The van der Waals surface area contributed by atoms with Gasteiger partial charge in [-0.15, -0.1) is 0 Å². The molecule has 0 aliphatic carbocycles. The normalized spacial score (nSPS) is 13.7. The lowest BCUT2D eigenvalue weighted by Crippen LogP contribution is -2.30. The highest BCUT2D eigenvalue weighted by atomic mass is 28.3. The van der Waals surface area contributed by atoms with Crippen molar-refractivity contribution in [2.45, 2.75) is 18.9 Å². The summed E-state index contributed by atoms with van der Waals surface area (Å²) in [5, 5.41) is 0. The fourth-order valence-electron chi connectivity index (χ4n) is 0.409. The van der Waals surface area contributed by atoms with Crippen LogP contribution in [0.15, 0.2) is 0 Å². The summed E-state index contributed by atoms with van der Waals surface area (Å²) in [7, 11) is -2.50. The molecule has 0 saturated heterocycles. The smallest absolute Gasteiger partial charge is 0.384 e. The summed E-state index contributed by atoms with van der Waals surface area (Å²) >= 11 is 0. The first-order valence-corrected chi connectivity index (χ1v) is 5.14. The van der Waals surface area contributed by atoms with Crippen LogP contribution in [-0.2, 0) is 8.85 Å². The molecule has 0 atom stereocenters. The second kappa shape index (κ2) is 4.98. The van der Waals surface area contributed by atoms with Crippen LogP contribution in [0.5, 0.6) is 0 Å². The van der Waals surface area contributed by atoms with E-state index in [9.17, 15) is 26.3 Å². The van der Waals surface area contributed by atoms with E-state index in [1.165, 1.54) is 0 Å². The summed E-state index contributed by atoms with van der Waals surface area (Å²) in [6.45, 7) is -2.12. The number of hydrogen-bond donors (Lipinski definition) is 0. The van der Waals surface area contributed by atoms with E-state index in [-0.39, 0.29) is 0 Å². The Balaban J connectivity index is 3.62. The Labute approximate surface area is 77.6 Å². The van der Waals surface area contributed by atoms with Crippen LogP contribution in [0.3, 0.4) is 0 Å². The molecule has 0 aliphatic heterocycles. The molecule has 0 N–H and O–H groups in total. The number of halogens is 6. The SMILES string of the molecule is C[Si](OCC(F)(F)F)OCC(F)(F)F. The van der Waals surface area contributed by atoms with Crippen molar-refractivity contribution in [1.29, 1.82) is 0 Å². The third-order valence-electron chi connectivity index (χ3n) is 0.878. The van der Waals surface area contributed by atoms with Gasteiger partial charge in [0.1, 0.15) is 13.2 Å². The zero-order valence-corrected chi connectivity index (χ0v) is 8.00. The first kappa shape index (κ1) is 13.7. The Morgan fingerprint density at radius 2 is 1.14 bits per heavy atom. The maximum absolute atomic E-state index is 11.5. The molecule has 9 heteroatoms. The van der Waals surface area contributed by atoms with Gasteiger partial charge in [0, 0.05) is 0 Å². The Morgan fingerprint density at radius 3 is 1.36 bits per heavy atom. The van der Waals surface area contributed by atoms with E-state index in [2.05, 4.69) is 8.85 Å². The minimum Gasteiger partial charge on any atom is -0.384 e. The molecular weight excluding hydrogens is 234 g/mol. The quantitative estimate of drug-likeness (QED) is 0.555. The molecule has 0 aliphatic rings. The van der Waals surface area contributed by atoms with Crippen LogP contribution in [0, 0.1) is 0 Å². The van der Waals surface area contributed by atoms with Crippen molar-refractivity contribution in [2.75, 3.05) is 13.2 Å². The fourth-order valence-corrected chi connectivity index (χ4v) is 1.23. The van der Waals surface area contributed by atoms with Crippen LogP contribution in [0.25, 0.3) is 0 Å². The Hall–Kier alpha value is -0.283. The second-order valence-corrected chi connectivity index (χ2v) is 3.86. The van der Waals surface area contributed by atoms with E-state index in [1.54, 1.807) is 0 Å². The minimum absolute atomic E-state index is 1.06.